The number of ether oxygens (including phenoxy) is 1. The van der Waals surface area contributed by atoms with Crippen molar-refractivity contribution in [1.82, 2.24) is 21.0 Å². The monoisotopic (exact) mass is 367 g/mol. The lowest BCUT2D eigenvalue weighted by molar-refractivity contribution is -0.137. The van der Waals surface area contributed by atoms with Crippen molar-refractivity contribution in [3.63, 3.8) is 0 Å². The fraction of sp³-hybridized carbons (Fsp3) is 0.143. The Morgan fingerprint density at radius 1 is 1.31 bits per heavy atom. The summed E-state index contributed by atoms with van der Waals surface area (Å²) < 4.78 is 42.9. The van der Waals surface area contributed by atoms with Crippen molar-refractivity contribution >= 4 is 24.1 Å². The Labute approximate surface area is 144 Å². The van der Waals surface area contributed by atoms with E-state index in [-0.39, 0.29) is 12.4 Å². The summed E-state index contributed by atoms with van der Waals surface area (Å²) in [5, 5.41) is 7.37. The molecule has 1 amide bonds. The van der Waals surface area contributed by atoms with Crippen molar-refractivity contribution in [2.75, 3.05) is 10.3 Å². The third-order valence-corrected chi connectivity index (χ3v) is 3.12. The van der Waals surface area contributed by atoms with Crippen LogP contribution in [-0.4, -0.2) is 22.4 Å². The lowest BCUT2D eigenvalue weighted by Gasteiger charge is -2.13. The first-order chi connectivity index (χ1) is 12.4. The van der Waals surface area contributed by atoms with Gasteiger partial charge in [0, 0.05) is 6.20 Å². The molecule has 9 nitrogen and oxygen atoms in total. The fourth-order valence-electron chi connectivity index (χ4n) is 1.95. The normalized spacial score (nSPS) is 13.4. The molecule has 0 saturated carbocycles. The highest BCUT2D eigenvalue weighted by Gasteiger charge is 2.30. The zero-order chi connectivity index (χ0) is 18.6. The number of aromatic nitrogens is 2. The Morgan fingerprint density at radius 3 is 2.88 bits per heavy atom. The summed E-state index contributed by atoms with van der Waals surface area (Å²) in [6, 6.07) is 6.53. The second-order valence-corrected chi connectivity index (χ2v) is 4.95. The summed E-state index contributed by atoms with van der Waals surface area (Å²) in [5.74, 6) is 0.231. The van der Waals surface area contributed by atoms with E-state index in [1.165, 1.54) is 11.3 Å². The van der Waals surface area contributed by atoms with Crippen molar-refractivity contribution in [2.24, 2.45) is 5.10 Å². The zero-order valence-corrected chi connectivity index (χ0v) is 13.0. The van der Waals surface area contributed by atoms with Crippen LogP contribution in [-0.2, 0) is 17.5 Å². The van der Waals surface area contributed by atoms with Crippen molar-refractivity contribution < 1.29 is 22.7 Å². The van der Waals surface area contributed by atoms with Crippen LogP contribution in [0.2, 0.25) is 0 Å². The summed E-state index contributed by atoms with van der Waals surface area (Å²) >= 11 is 0. The average molecular weight is 367 g/mol. The molecule has 1 aliphatic heterocycles. The number of hydrogen-bond acceptors (Lipinski definition) is 8. The topological polar surface area (TPSA) is 104 Å². The van der Waals surface area contributed by atoms with Crippen LogP contribution in [0.1, 0.15) is 11.3 Å². The highest BCUT2D eigenvalue weighted by atomic mass is 19.4. The third-order valence-electron chi connectivity index (χ3n) is 3.12. The van der Waals surface area contributed by atoms with Crippen LogP contribution in [0.15, 0.2) is 41.6 Å². The van der Waals surface area contributed by atoms with E-state index in [2.05, 4.69) is 31.5 Å². The van der Waals surface area contributed by atoms with E-state index in [1.54, 1.807) is 18.2 Å². The smallest absolute Gasteiger partial charge is 0.416 e. The number of hydrazine groups is 2. The Balaban J connectivity index is 1.58. The molecule has 2 aromatic rings. The number of amides is 1. The van der Waals surface area contributed by atoms with Gasteiger partial charge in [0.1, 0.15) is 24.6 Å². The van der Waals surface area contributed by atoms with Crippen LogP contribution in [0, 0.1) is 0 Å². The number of carbonyl (C=O) groups is 1. The molecule has 0 saturated heterocycles. The lowest BCUT2D eigenvalue weighted by Crippen LogP contribution is -2.37. The van der Waals surface area contributed by atoms with E-state index < -0.39 is 17.8 Å². The summed E-state index contributed by atoms with van der Waals surface area (Å²) in [6.07, 6.45) is -3.08. The number of halogens is 3. The molecule has 0 radical (unpaired) electrons. The molecule has 3 N–H and O–H groups in total. The lowest BCUT2D eigenvalue weighted by atomic mass is 10.2. The molecule has 12 heteroatoms. The molecule has 0 bridgehead atoms. The van der Waals surface area contributed by atoms with Gasteiger partial charge in [0.25, 0.3) is 0 Å². The first kappa shape index (κ1) is 17.4. The third kappa shape index (κ3) is 4.36. The van der Waals surface area contributed by atoms with Gasteiger partial charge in [0.2, 0.25) is 0 Å². The summed E-state index contributed by atoms with van der Waals surface area (Å²) in [6.45, 7) is -0.183. The van der Waals surface area contributed by atoms with Gasteiger partial charge >= 0.3 is 12.3 Å². The van der Waals surface area contributed by atoms with Gasteiger partial charge in [0.15, 0.2) is 0 Å². The largest absolute Gasteiger partial charge is 0.443 e. The highest BCUT2D eigenvalue weighted by Crippen LogP contribution is 2.29. The van der Waals surface area contributed by atoms with Crippen LogP contribution in [0.3, 0.4) is 0 Å². The van der Waals surface area contributed by atoms with Crippen molar-refractivity contribution in [1.29, 1.82) is 0 Å². The minimum Gasteiger partial charge on any atom is -0.443 e. The second kappa shape index (κ2) is 7.23. The number of hydrazone groups is 1. The van der Waals surface area contributed by atoms with E-state index >= 15 is 0 Å². The van der Waals surface area contributed by atoms with Crippen molar-refractivity contribution in [2.45, 2.75) is 12.8 Å². The second-order valence-electron chi connectivity index (χ2n) is 4.95. The van der Waals surface area contributed by atoms with E-state index in [0.717, 1.165) is 12.3 Å². The number of rotatable bonds is 4. The first-order valence-electron chi connectivity index (χ1n) is 7.18. The van der Waals surface area contributed by atoms with Crippen LogP contribution < -0.4 is 21.4 Å². The van der Waals surface area contributed by atoms with Crippen LogP contribution in [0.5, 0.6) is 0 Å². The maximum Gasteiger partial charge on any atom is 0.416 e. The Kier molecular flexibility index (Phi) is 4.84. The molecular weight excluding hydrogens is 355 g/mol. The standard InChI is InChI=1S/C14H12F3N7O2/c15-14(16,17)9-4-5-18-11(6-9)21-13(25)26-7-10-2-1-3-12(20-10)24-8-19-22-23-24/h1-6,8,22-23H,7H2,(H,18,21,25). The molecule has 0 atom stereocenters. The van der Waals surface area contributed by atoms with Gasteiger partial charge in [-0.2, -0.15) is 18.3 Å². The number of carbonyl (C=O) groups excluding carboxylic acids is 1. The van der Waals surface area contributed by atoms with Crippen LogP contribution >= 0.6 is 0 Å². The summed E-state index contributed by atoms with van der Waals surface area (Å²) in [4.78, 5) is 19.6. The molecule has 3 rings (SSSR count). The molecule has 1 aliphatic rings. The van der Waals surface area contributed by atoms with Crippen LogP contribution in [0.25, 0.3) is 0 Å². The number of anilines is 2. The van der Waals surface area contributed by atoms with E-state index in [1.807, 2.05) is 0 Å². The van der Waals surface area contributed by atoms with Gasteiger partial charge in [-0.1, -0.05) is 6.07 Å². The highest BCUT2D eigenvalue weighted by molar-refractivity contribution is 5.83. The molecule has 0 aromatic carbocycles. The number of pyridine rings is 2. The maximum atomic E-state index is 12.6. The van der Waals surface area contributed by atoms with Gasteiger partial charge in [-0.3, -0.25) is 5.32 Å². The summed E-state index contributed by atoms with van der Waals surface area (Å²) in [7, 11) is 0. The molecule has 0 fully saturated rings. The molecule has 0 aliphatic carbocycles. The van der Waals surface area contributed by atoms with Gasteiger partial charge in [-0.05, 0) is 24.3 Å². The number of alkyl halides is 3. The Hall–Kier alpha value is -3.41. The number of nitrogens with zero attached hydrogens (tertiary/aromatic N) is 4. The quantitative estimate of drug-likeness (QED) is 0.759. The molecule has 0 spiro atoms. The van der Waals surface area contributed by atoms with Crippen molar-refractivity contribution in [3.05, 3.63) is 47.8 Å². The molecule has 0 unspecified atom stereocenters. The molecule has 136 valence electrons. The van der Waals surface area contributed by atoms with E-state index in [0.29, 0.717) is 17.6 Å². The molecule has 3 heterocycles. The predicted molar refractivity (Wildman–Crippen MR) is 84.5 cm³/mol. The van der Waals surface area contributed by atoms with Gasteiger partial charge in [0.05, 0.1) is 11.3 Å². The maximum absolute atomic E-state index is 12.6. The van der Waals surface area contributed by atoms with E-state index in [9.17, 15) is 18.0 Å². The van der Waals surface area contributed by atoms with Crippen molar-refractivity contribution in [3.8, 4) is 0 Å². The minimum absolute atomic E-state index is 0.183. The SMILES string of the molecule is O=C(Nc1cc(C(F)(F)F)ccn1)OCc1cccc(N2C=NNN2)n1. The molecular formula is C14H12F3N7O2. The minimum atomic E-state index is -4.53. The number of hydrogen-bond donors (Lipinski definition) is 3. The average Bonchev–Trinajstić information content (AvgIpc) is 3.14. The molecule has 26 heavy (non-hydrogen) atoms. The first-order valence-corrected chi connectivity index (χ1v) is 7.18. The predicted octanol–water partition coefficient (Wildman–Crippen LogP) is 2.02. The molecule has 2 aromatic heterocycles. The van der Waals surface area contributed by atoms with Gasteiger partial charge in [-0.25, -0.2) is 25.3 Å². The summed E-state index contributed by atoms with van der Waals surface area (Å²) in [5.41, 5.74) is 4.70. The van der Waals surface area contributed by atoms with Gasteiger partial charge in [-0.15, -0.1) is 5.53 Å². The van der Waals surface area contributed by atoms with Gasteiger partial charge < -0.3 is 4.74 Å². The fourth-order valence-corrected chi connectivity index (χ4v) is 1.95. The zero-order valence-electron chi connectivity index (χ0n) is 13.0. The van der Waals surface area contributed by atoms with Crippen LogP contribution in [0.4, 0.5) is 29.6 Å². The van der Waals surface area contributed by atoms with E-state index in [4.69, 9.17) is 4.74 Å². The number of nitrogens with one attached hydrogen (secondary N) is 3. The Bertz CT molecular complexity index is 828. The Morgan fingerprint density at radius 2 is 2.15 bits per heavy atom.